The molecule has 0 spiro atoms. The summed E-state index contributed by atoms with van der Waals surface area (Å²) in [5, 5.41) is 10.2. The van der Waals surface area contributed by atoms with Gasteiger partial charge in [0.2, 0.25) is 0 Å². The summed E-state index contributed by atoms with van der Waals surface area (Å²) >= 11 is 0. The Morgan fingerprint density at radius 3 is 2.48 bits per heavy atom. The SMILES string of the molecule is CCC(C)(C)c1cc(OC(=O)OCC(C)C)cc(C)c1O. The van der Waals surface area contributed by atoms with Crippen LogP contribution < -0.4 is 4.74 Å². The number of phenolic OH excluding ortho intramolecular Hbond substituents is 1. The highest BCUT2D eigenvalue weighted by molar-refractivity contribution is 5.64. The average Bonchev–Trinajstić information content (AvgIpc) is 2.40. The first kappa shape index (κ1) is 17.3. The van der Waals surface area contributed by atoms with E-state index in [1.807, 2.05) is 27.7 Å². The van der Waals surface area contributed by atoms with E-state index in [0.29, 0.717) is 17.9 Å². The van der Waals surface area contributed by atoms with Crippen molar-refractivity contribution in [3.05, 3.63) is 23.3 Å². The van der Waals surface area contributed by atoms with Gasteiger partial charge in [0.15, 0.2) is 0 Å². The van der Waals surface area contributed by atoms with Crippen LogP contribution in [0.3, 0.4) is 0 Å². The monoisotopic (exact) mass is 294 g/mol. The zero-order valence-corrected chi connectivity index (χ0v) is 13.8. The Morgan fingerprint density at radius 1 is 1.33 bits per heavy atom. The van der Waals surface area contributed by atoms with Crippen molar-refractivity contribution in [2.24, 2.45) is 5.92 Å². The molecule has 0 unspecified atom stereocenters. The van der Waals surface area contributed by atoms with Gasteiger partial charge in [-0.15, -0.1) is 0 Å². The van der Waals surface area contributed by atoms with Crippen LogP contribution in [0.25, 0.3) is 0 Å². The summed E-state index contributed by atoms with van der Waals surface area (Å²) in [5.41, 5.74) is 1.26. The maximum absolute atomic E-state index is 11.6. The fourth-order valence-electron chi connectivity index (χ4n) is 1.87. The number of rotatable bonds is 5. The number of carbonyl (C=O) groups is 1. The van der Waals surface area contributed by atoms with Crippen LogP contribution in [0.1, 0.15) is 52.2 Å². The number of benzene rings is 1. The molecule has 1 N–H and O–H groups in total. The minimum absolute atomic E-state index is 0.198. The maximum atomic E-state index is 11.6. The van der Waals surface area contributed by atoms with Gasteiger partial charge in [-0.25, -0.2) is 4.79 Å². The zero-order chi connectivity index (χ0) is 16.2. The molecule has 0 atom stereocenters. The van der Waals surface area contributed by atoms with Crippen molar-refractivity contribution in [3.8, 4) is 11.5 Å². The molecule has 1 aromatic carbocycles. The van der Waals surface area contributed by atoms with E-state index >= 15 is 0 Å². The van der Waals surface area contributed by atoms with Crippen LogP contribution in [0.5, 0.6) is 11.5 Å². The predicted molar refractivity (Wildman–Crippen MR) is 83.0 cm³/mol. The van der Waals surface area contributed by atoms with Crippen LogP contribution in [0.4, 0.5) is 4.79 Å². The summed E-state index contributed by atoms with van der Waals surface area (Å²) in [6.07, 6.45) is 0.149. The van der Waals surface area contributed by atoms with E-state index in [1.165, 1.54) is 0 Å². The van der Waals surface area contributed by atoms with Crippen molar-refractivity contribution in [1.29, 1.82) is 0 Å². The van der Waals surface area contributed by atoms with Crippen LogP contribution in [0.15, 0.2) is 12.1 Å². The van der Waals surface area contributed by atoms with Crippen LogP contribution in [0.2, 0.25) is 0 Å². The summed E-state index contributed by atoms with van der Waals surface area (Å²) in [5.74, 6) is 0.911. The third-order valence-corrected chi connectivity index (χ3v) is 3.62. The highest BCUT2D eigenvalue weighted by Crippen LogP contribution is 2.38. The smallest absolute Gasteiger partial charge is 0.507 e. The Balaban J connectivity index is 2.97. The fourth-order valence-corrected chi connectivity index (χ4v) is 1.87. The minimum atomic E-state index is -0.714. The largest absolute Gasteiger partial charge is 0.513 e. The third-order valence-electron chi connectivity index (χ3n) is 3.62. The van der Waals surface area contributed by atoms with E-state index in [2.05, 4.69) is 6.92 Å². The molecule has 0 saturated carbocycles. The number of carbonyl (C=O) groups excluding carboxylic acids is 1. The Bertz CT molecular complexity index is 504. The van der Waals surface area contributed by atoms with Crippen molar-refractivity contribution >= 4 is 6.16 Å². The molecule has 0 aliphatic rings. The molecular weight excluding hydrogens is 268 g/mol. The lowest BCUT2D eigenvalue weighted by atomic mass is 9.81. The van der Waals surface area contributed by atoms with E-state index < -0.39 is 6.16 Å². The van der Waals surface area contributed by atoms with E-state index in [1.54, 1.807) is 19.1 Å². The molecule has 0 aliphatic heterocycles. The first-order chi connectivity index (χ1) is 9.67. The minimum Gasteiger partial charge on any atom is -0.507 e. The Morgan fingerprint density at radius 2 is 1.95 bits per heavy atom. The molecular formula is C17H26O4. The number of hydrogen-bond donors (Lipinski definition) is 1. The molecule has 0 fully saturated rings. The van der Waals surface area contributed by atoms with Crippen molar-refractivity contribution < 1.29 is 19.4 Å². The van der Waals surface area contributed by atoms with Gasteiger partial charge >= 0.3 is 6.16 Å². The van der Waals surface area contributed by atoms with E-state index in [0.717, 1.165) is 12.0 Å². The first-order valence-electron chi connectivity index (χ1n) is 7.36. The van der Waals surface area contributed by atoms with Crippen LogP contribution in [-0.4, -0.2) is 17.9 Å². The number of aromatic hydroxyl groups is 1. The molecule has 4 heteroatoms. The Labute approximate surface area is 127 Å². The second kappa shape index (κ2) is 6.83. The number of ether oxygens (including phenoxy) is 2. The predicted octanol–water partition coefficient (Wildman–Crippen LogP) is 4.56. The molecule has 0 saturated heterocycles. The van der Waals surface area contributed by atoms with Crippen LogP contribution in [0, 0.1) is 12.8 Å². The van der Waals surface area contributed by atoms with Crippen LogP contribution in [-0.2, 0) is 10.2 Å². The standard InChI is InChI=1S/C17H26O4/c1-7-17(5,6)14-9-13(8-12(4)15(14)18)21-16(19)20-10-11(2)3/h8-9,11,18H,7,10H2,1-6H3. The summed E-state index contributed by atoms with van der Waals surface area (Å²) in [6, 6.07) is 3.35. The summed E-state index contributed by atoms with van der Waals surface area (Å²) < 4.78 is 10.2. The Kier molecular flexibility index (Phi) is 5.64. The number of hydrogen-bond acceptors (Lipinski definition) is 4. The molecule has 1 rings (SSSR count). The molecule has 4 nitrogen and oxygen atoms in total. The molecule has 0 aliphatic carbocycles. The van der Waals surface area contributed by atoms with Gasteiger partial charge in [-0.2, -0.15) is 0 Å². The Hall–Kier alpha value is -1.71. The molecule has 118 valence electrons. The number of phenols is 1. The normalized spacial score (nSPS) is 11.6. The van der Waals surface area contributed by atoms with Crippen LogP contribution >= 0.6 is 0 Å². The molecule has 0 amide bonds. The molecule has 0 aromatic heterocycles. The topological polar surface area (TPSA) is 55.8 Å². The lowest BCUT2D eigenvalue weighted by Crippen LogP contribution is -2.18. The number of aryl methyl sites for hydroxylation is 1. The summed E-state index contributed by atoms with van der Waals surface area (Å²) in [7, 11) is 0. The van der Waals surface area contributed by atoms with Gasteiger partial charge in [0.05, 0.1) is 6.61 Å². The maximum Gasteiger partial charge on any atom is 0.513 e. The molecule has 0 heterocycles. The summed E-state index contributed by atoms with van der Waals surface area (Å²) in [6.45, 7) is 12.2. The third kappa shape index (κ3) is 4.66. The van der Waals surface area contributed by atoms with Gasteiger partial charge < -0.3 is 14.6 Å². The fraction of sp³-hybridized carbons (Fsp3) is 0.588. The average molecular weight is 294 g/mol. The summed E-state index contributed by atoms with van der Waals surface area (Å²) in [4.78, 5) is 11.6. The van der Waals surface area contributed by atoms with Gasteiger partial charge in [0.1, 0.15) is 11.5 Å². The molecule has 1 aromatic rings. The molecule has 0 radical (unpaired) electrons. The second-order valence-electron chi connectivity index (χ2n) is 6.43. The van der Waals surface area contributed by atoms with Gasteiger partial charge in [-0.3, -0.25) is 0 Å². The zero-order valence-electron chi connectivity index (χ0n) is 13.8. The van der Waals surface area contributed by atoms with E-state index in [9.17, 15) is 9.90 Å². The molecule has 0 bridgehead atoms. The lowest BCUT2D eigenvalue weighted by Gasteiger charge is -2.25. The lowest BCUT2D eigenvalue weighted by molar-refractivity contribution is 0.0884. The van der Waals surface area contributed by atoms with E-state index in [-0.39, 0.29) is 17.1 Å². The van der Waals surface area contributed by atoms with Crippen molar-refractivity contribution in [2.45, 2.75) is 53.4 Å². The van der Waals surface area contributed by atoms with Gasteiger partial charge in [-0.1, -0.05) is 34.6 Å². The van der Waals surface area contributed by atoms with E-state index in [4.69, 9.17) is 9.47 Å². The van der Waals surface area contributed by atoms with Crippen molar-refractivity contribution in [1.82, 2.24) is 0 Å². The van der Waals surface area contributed by atoms with Gasteiger partial charge in [0.25, 0.3) is 0 Å². The molecule has 21 heavy (non-hydrogen) atoms. The first-order valence-corrected chi connectivity index (χ1v) is 7.36. The van der Waals surface area contributed by atoms with Crippen molar-refractivity contribution in [2.75, 3.05) is 6.61 Å². The quantitative estimate of drug-likeness (QED) is 0.639. The van der Waals surface area contributed by atoms with Gasteiger partial charge in [-0.05, 0) is 42.4 Å². The highest BCUT2D eigenvalue weighted by Gasteiger charge is 2.24. The highest BCUT2D eigenvalue weighted by atomic mass is 16.7. The second-order valence-corrected chi connectivity index (χ2v) is 6.43. The van der Waals surface area contributed by atoms with Crippen molar-refractivity contribution in [3.63, 3.8) is 0 Å². The van der Waals surface area contributed by atoms with Gasteiger partial charge in [0, 0.05) is 5.56 Å².